The number of hydrogen-bond donors (Lipinski definition) is 2. The average Bonchev–Trinajstić information content (AvgIpc) is 2.98. The first-order chi connectivity index (χ1) is 9.75. The molecule has 3 aromatic rings. The Morgan fingerprint density at radius 2 is 1.95 bits per heavy atom. The van der Waals surface area contributed by atoms with Crippen LogP contribution in [-0.2, 0) is 0 Å². The number of H-pyrrole nitrogens is 1. The minimum atomic E-state index is -1.11. The third-order valence-corrected chi connectivity index (χ3v) is 2.69. The number of carboxylic acid groups (broad SMARTS) is 1. The van der Waals surface area contributed by atoms with Gasteiger partial charge in [-0.25, -0.2) is 14.8 Å². The fourth-order valence-corrected chi connectivity index (χ4v) is 1.78. The Morgan fingerprint density at radius 3 is 2.70 bits per heavy atom. The molecule has 98 valence electrons. The average molecular weight is 267 g/mol. The van der Waals surface area contributed by atoms with Gasteiger partial charge in [-0.3, -0.25) is 10.1 Å². The van der Waals surface area contributed by atoms with E-state index in [2.05, 4.69) is 25.1 Å². The predicted octanol–water partition coefficient (Wildman–Crippen LogP) is 1.63. The molecule has 0 spiro atoms. The second kappa shape index (κ2) is 4.88. The highest BCUT2D eigenvalue weighted by molar-refractivity contribution is 5.92. The van der Waals surface area contributed by atoms with E-state index in [1.807, 2.05) is 0 Å². The normalized spacial score (nSPS) is 10.4. The summed E-state index contributed by atoms with van der Waals surface area (Å²) in [6.07, 6.45) is 4.70. The first-order valence-corrected chi connectivity index (χ1v) is 5.77. The molecule has 0 aliphatic carbocycles. The Hall–Kier alpha value is -3.09. The highest BCUT2D eigenvalue weighted by atomic mass is 16.4. The second-order valence-electron chi connectivity index (χ2n) is 3.95. The smallest absolute Gasteiger partial charge is 0.355 e. The fraction of sp³-hybridized carbons (Fsp3) is 0. The van der Waals surface area contributed by atoms with Gasteiger partial charge >= 0.3 is 5.97 Å². The zero-order valence-electron chi connectivity index (χ0n) is 10.2. The maximum absolute atomic E-state index is 11.1. The van der Waals surface area contributed by atoms with Crippen molar-refractivity contribution in [2.75, 3.05) is 0 Å². The molecule has 7 heteroatoms. The van der Waals surface area contributed by atoms with Crippen LogP contribution in [0.5, 0.6) is 0 Å². The molecule has 2 N–H and O–H groups in total. The van der Waals surface area contributed by atoms with E-state index in [4.69, 9.17) is 5.11 Å². The molecule has 0 amide bonds. The molecule has 0 bridgehead atoms. The van der Waals surface area contributed by atoms with E-state index < -0.39 is 5.97 Å². The van der Waals surface area contributed by atoms with Crippen LogP contribution in [0.3, 0.4) is 0 Å². The first-order valence-electron chi connectivity index (χ1n) is 5.77. The highest BCUT2D eigenvalue weighted by Gasteiger charge is 2.16. The van der Waals surface area contributed by atoms with Gasteiger partial charge in [0, 0.05) is 24.2 Å². The molecular weight excluding hydrogens is 258 g/mol. The number of hydrogen-bond acceptors (Lipinski definition) is 5. The van der Waals surface area contributed by atoms with Gasteiger partial charge in [-0.1, -0.05) is 0 Å². The molecule has 3 heterocycles. The van der Waals surface area contributed by atoms with Crippen molar-refractivity contribution in [2.24, 2.45) is 0 Å². The molecule has 0 aliphatic heterocycles. The maximum Gasteiger partial charge on any atom is 0.355 e. The first kappa shape index (κ1) is 12.0. The Labute approximate surface area is 113 Å². The van der Waals surface area contributed by atoms with Gasteiger partial charge in [-0.15, -0.1) is 0 Å². The molecule has 0 atom stereocenters. The van der Waals surface area contributed by atoms with Gasteiger partial charge in [0.25, 0.3) is 0 Å². The molecule has 0 saturated carbocycles. The lowest BCUT2D eigenvalue weighted by Gasteiger charge is -1.99. The number of aromatic amines is 1. The van der Waals surface area contributed by atoms with E-state index in [-0.39, 0.29) is 5.69 Å². The van der Waals surface area contributed by atoms with Crippen LogP contribution in [0.15, 0.2) is 42.9 Å². The lowest BCUT2D eigenvalue weighted by molar-refractivity contribution is 0.0691. The van der Waals surface area contributed by atoms with Crippen molar-refractivity contribution in [3.05, 3.63) is 48.5 Å². The Morgan fingerprint density at radius 1 is 1.15 bits per heavy atom. The Balaban J connectivity index is 2.05. The predicted molar refractivity (Wildman–Crippen MR) is 69.8 cm³/mol. The summed E-state index contributed by atoms with van der Waals surface area (Å²) in [7, 11) is 0. The molecule has 0 saturated heterocycles. The van der Waals surface area contributed by atoms with Gasteiger partial charge in [-0.2, -0.15) is 5.10 Å². The molecule has 3 rings (SSSR count). The summed E-state index contributed by atoms with van der Waals surface area (Å²) in [6.45, 7) is 0. The Kier molecular flexibility index (Phi) is 2.92. The number of aromatic nitrogens is 5. The second-order valence-corrected chi connectivity index (χ2v) is 3.95. The highest BCUT2D eigenvalue weighted by Crippen LogP contribution is 2.21. The quantitative estimate of drug-likeness (QED) is 0.747. The lowest BCUT2D eigenvalue weighted by Crippen LogP contribution is -2.03. The molecule has 0 fully saturated rings. The number of pyridine rings is 2. The van der Waals surface area contributed by atoms with Crippen LogP contribution in [0.25, 0.3) is 22.8 Å². The molecule has 0 aliphatic rings. The fourth-order valence-electron chi connectivity index (χ4n) is 1.78. The summed E-state index contributed by atoms with van der Waals surface area (Å²) in [5.41, 5.74) is 1.13. The summed E-state index contributed by atoms with van der Waals surface area (Å²) in [5.74, 6) is -0.271. The minimum Gasteiger partial charge on any atom is -0.476 e. The van der Waals surface area contributed by atoms with E-state index in [0.717, 1.165) is 5.56 Å². The molecule has 3 aromatic heterocycles. The number of carbonyl (C=O) groups is 1. The third kappa shape index (κ3) is 2.12. The molecule has 0 unspecified atom stereocenters. The van der Waals surface area contributed by atoms with Crippen LogP contribution >= 0.6 is 0 Å². The number of aromatic carboxylic acids is 1. The van der Waals surface area contributed by atoms with Crippen LogP contribution in [-0.4, -0.2) is 36.2 Å². The number of nitrogens with zero attached hydrogens (tertiary/aromatic N) is 4. The van der Waals surface area contributed by atoms with Crippen molar-refractivity contribution < 1.29 is 9.90 Å². The van der Waals surface area contributed by atoms with Gasteiger partial charge in [0.2, 0.25) is 0 Å². The molecule has 7 nitrogen and oxygen atoms in total. The Bertz CT molecular complexity index is 754. The third-order valence-electron chi connectivity index (χ3n) is 2.69. The lowest BCUT2D eigenvalue weighted by atomic mass is 10.2. The van der Waals surface area contributed by atoms with Crippen LogP contribution in [0, 0.1) is 0 Å². The van der Waals surface area contributed by atoms with E-state index in [1.165, 1.54) is 6.20 Å². The van der Waals surface area contributed by atoms with E-state index in [9.17, 15) is 4.79 Å². The van der Waals surface area contributed by atoms with Gasteiger partial charge in [0.15, 0.2) is 17.3 Å². The van der Waals surface area contributed by atoms with E-state index in [1.54, 1.807) is 36.7 Å². The largest absolute Gasteiger partial charge is 0.476 e. The SMILES string of the molecule is O=C(O)c1ncccc1-c1nc(-c2ccncc2)n[nH]1. The number of nitrogens with one attached hydrogen (secondary N) is 1. The molecule has 20 heavy (non-hydrogen) atoms. The maximum atomic E-state index is 11.1. The monoisotopic (exact) mass is 267 g/mol. The summed E-state index contributed by atoms with van der Waals surface area (Å²) < 4.78 is 0. The summed E-state index contributed by atoms with van der Waals surface area (Å²) in [6, 6.07) is 6.83. The standard InChI is InChI=1S/C13H9N5O2/c19-13(20)10-9(2-1-5-15-10)12-16-11(17-18-12)8-3-6-14-7-4-8/h1-7H,(H,19,20)(H,16,17,18). The molecular formula is C13H9N5O2. The van der Waals surface area contributed by atoms with Crippen LogP contribution in [0.4, 0.5) is 0 Å². The number of carboxylic acids is 1. The minimum absolute atomic E-state index is 0.0649. The van der Waals surface area contributed by atoms with Crippen molar-refractivity contribution in [1.29, 1.82) is 0 Å². The summed E-state index contributed by atoms with van der Waals surface area (Å²) in [5, 5.41) is 15.9. The molecule has 0 radical (unpaired) electrons. The summed E-state index contributed by atoms with van der Waals surface area (Å²) >= 11 is 0. The molecule has 0 aromatic carbocycles. The summed E-state index contributed by atoms with van der Waals surface area (Å²) in [4.78, 5) is 23.2. The van der Waals surface area contributed by atoms with Crippen molar-refractivity contribution in [3.8, 4) is 22.8 Å². The van der Waals surface area contributed by atoms with Crippen molar-refractivity contribution in [3.63, 3.8) is 0 Å². The topological polar surface area (TPSA) is 105 Å². The van der Waals surface area contributed by atoms with Crippen molar-refractivity contribution in [1.82, 2.24) is 25.1 Å². The zero-order chi connectivity index (χ0) is 13.9. The van der Waals surface area contributed by atoms with E-state index in [0.29, 0.717) is 17.2 Å². The van der Waals surface area contributed by atoms with Gasteiger partial charge in [0.05, 0.1) is 5.56 Å². The zero-order valence-corrected chi connectivity index (χ0v) is 10.2. The van der Waals surface area contributed by atoms with Crippen LogP contribution in [0.2, 0.25) is 0 Å². The van der Waals surface area contributed by atoms with Crippen molar-refractivity contribution in [2.45, 2.75) is 0 Å². The van der Waals surface area contributed by atoms with E-state index >= 15 is 0 Å². The van der Waals surface area contributed by atoms with Gasteiger partial charge in [0.1, 0.15) is 0 Å². The van der Waals surface area contributed by atoms with Crippen molar-refractivity contribution >= 4 is 5.97 Å². The number of rotatable bonds is 3. The van der Waals surface area contributed by atoms with Gasteiger partial charge < -0.3 is 5.11 Å². The van der Waals surface area contributed by atoms with Gasteiger partial charge in [-0.05, 0) is 24.3 Å². The van der Waals surface area contributed by atoms with Crippen LogP contribution in [0.1, 0.15) is 10.5 Å². The van der Waals surface area contributed by atoms with Crippen LogP contribution < -0.4 is 0 Å².